The third kappa shape index (κ3) is 2.58. The fourth-order valence-corrected chi connectivity index (χ4v) is 2.49. The molecule has 0 radical (unpaired) electrons. The molecule has 0 saturated heterocycles. The average molecular weight is 279 g/mol. The lowest BCUT2D eigenvalue weighted by molar-refractivity contribution is 0.503. The maximum absolute atomic E-state index is 13.5. The molecule has 0 spiro atoms. The first-order chi connectivity index (χ1) is 9.45. The summed E-state index contributed by atoms with van der Waals surface area (Å²) < 4.78 is 28.4. The van der Waals surface area contributed by atoms with Crippen molar-refractivity contribution in [2.75, 3.05) is 6.54 Å². The molecule has 0 fully saturated rings. The molecule has 0 bridgehead atoms. The second-order valence-electron chi connectivity index (χ2n) is 4.87. The molecule has 1 unspecified atom stereocenters. The van der Waals surface area contributed by atoms with Gasteiger partial charge in [-0.3, -0.25) is 4.68 Å². The first-order valence-electron chi connectivity index (χ1n) is 6.64. The van der Waals surface area contributed by atoms with Gasteiger partial charge in [0.1, 0.15) is 0 Å². The molecule has 3 nitrogen and oxygen atoms in total. The van der Waals surface area contributed by atoms with E-state index in [0.717, 1.165) is 29.6 Å². The van der Waals surface area contributed by atoms with E-state index in [9.17, 15) is 8.78 Å². The van der Waals surface area contributed by atoms with Crippen molar-refractivity contribution in [3.63, 3.8) is 0 Å². The van der Waals surface area contributed by atoms with Crippen LogP contribution in [0.25, 0.3) is 0 Å². The fourth-order valence-electron chi connectivity index (χ4n) is 2.49. The summed E-state index contributed by atoms with van der Waals surface area (Å²) in [6, 6.07) is 3.83. The van der Waals surface area contributed by atoms with E-state index in [1.165, 1.54) is 6.07 Å². The second-order valence-corrected chi connectivity index (χ2v) is 4.87. The van der Waals surface area contributed by atoms with Crippen molar-refractivity contribution in [3.8, 4) is 0 Å². The minimum atomic E-state index is -0.830. The van der Waals surface area contributed by atoms with Crippen molar-refractivity contribution < 1.29 is 8.78 Å². The van der Waals surface area contributed by atoms with E-state index in [1.54, 1.807) is 10.7 Å². The van der Waals surface area contributed by atoms with Crippen LogP contribution in [-0.2, 0) is 7.05 Å². The summed E-state index contributed by atoms with van der Waals surface area (Å²) in [6.45, 7) is 6.59. The minimum absolute atomic E-state index is 0.191. The lowest BCUT2D eigenvalue weighted by Crippen LogP contribution is -2.23. The Morgan fingerprint density at radius 1 is 1.25 bits per heavy atom. The van der Waals surface area contributed by atoms with Gasteiger partial charge >= 0.3 is 0 Å². The molecule has 0 aliphatic carbocycles. The maximum atomic E-state index is 13.5. The second kappa shape index (κ2) is 5.71. The number of nitrogens with one attached hydrogen (secondary N) is 1. The summed E-state index contributed by atoms with van der Waals surface area (Å²) in [7, 11) is 1.88. The largest absolute Gasteiger partial charge is 0.306 e. The lowest BCUT2D eigenvalue weighted by atomic mass is 9.96. The highest BCUT2D eigenvalue weighted by molar-refractivity contribution is 5.37. The molecule has 1 heterocycles. The molecule has 1 aromatic heterocycles. The van der Waals surface area contributed by atoms with E-state index in [-0.39, 0.29) is 6.04 Å². The Kier molecular flexibility index (Phi) is 4.18. The zero-order valence-electron chi connectivity index (χ0n) is 12.2. The van der Waals surface area contributed by atoms with Crippen LogP contribution >= 0.6 is 0 Å². The van der Waals surface area contributed by atoms with E-state index in [0.29, 0.717) is 5.56 Å². The number of rotatable bonds is 4. The highest BCUT2D eigenvalue weighted by atomic mass is 19.2. The average Bonchev–Trinajstić information content (AvgIpc) is 2.65. The topological polar surface area (TPSA) is 29.9 Å². The van der Waals surface area contributed by atoms with Crippen molar-refractivity contribution in [1.82, 2.24) is 15.1 Å². The fraction of sp³-hybridized carbons (Fsp3) is 0.400. The van der Waals surface area contributed by atoms with Crippen molar-refractivity contribution in [2.45, 2.75) is 26.8 Å². The summed E-state index contributed by atoms with van der Waals surface area (Å²) in [5.41, 5.74) is 3.61. The van der Waals surface area contributed by atoms with Crippen LogP contribution in [-0.4, -0.2) is 16.3 Å². The number of aryl methyl sites for hydroxylation is 2. The summed E-state index contributed by atoms with van der Waals surface area (Å²) in [6.07, 6.45) is 0. The van der Waals surface area contributed by atoms with Crippen molar-refractivity contribution >= 4 is 0 Å². The predicted molar refractivity (Wildman–Crippen MR) is 74.6 cm³/mol. The van der Waals surface area contributed by atoms with Gasteiger partial charge in [-0.05, 0) is 38.1 Å². The zero-order valence-corrected chi connectivity index (χ0v) is 12.2. The van der Waals surface area contributed by atoms with Gasteiger partial charge in [0.25, 0.3) is 0 Å². The molecule has 0 aliphatic rings. The van der Waals surface area contributed by atoms with Gasteiger partial charge in [-0.25, -0.2) is 8.78 Å². The summed E-state index contributed by atoms with van der Waals surface area (Å²) in [4.78, 5) is 0. The Hall–Kier alpha value is -1.75. The number of hydrogen-bond acceptors (Lipinski definition) is 2. The smallest absolute Gasteiger partial charge is 0.159 e. The standard InChI is InChI=1S/C15H19F2N3/c1-5-18-15(11-6-7-12(16)13(17)8-11)14-9(2)19-20(4)10(14)3/h6-8,15,18H,5H2,1-4H3. The van der Waals surface area contributed by atoms with Crippen LogP contribution in [0.15, 0.2) is 18.2 Å². The Balaban J connectivity index is 2.53. The van der Waals surface area contributed by atoms with Gasteiger partial charge in [0.15, 0.2) is 11.6 Å². The maximum Gasteiger partial charge on any atom is 0.159 e. The number of benzene rings is 1. The van der Waals surface area contributed by atoms with E-state index in [4.69, 9.17) is 0 Å². The number of halogens is 2. The molecule has 108 valence electrons. The van der Waals surface area contributed by atoms with Gasteiger partial charge in [-0.15, -0.1) is 0 Å². The molecular weight excluding hydrogens is 260 g/mol. The normalized spacial score (nSPS) is 12.7. The molecule has 1 atom stereocenters. The Morgan fingerprint density at radius 3 is 2.45 bits per heavy atom. The number of aromatic nitrogens is 2. The molecule has 1 N–H and O–H groups in total. The molecule has 2 aromatic rings. The molecule has 0 amide bonds. The SMILES string of the molecule is CCNC(c1ccc(F)c(F)c1)c1c(C)nn(C)c1C. The molecule has 5 heteroatoms. The number of hydrogen-bond donors (Lipinski definition) is 1. The third-order valence-corrected chi connectivity index (χ3v) is 3.54. The van der Waals surface area contributed by atoms with Crippen molar-refractivity contribution in [3.05, 3.63) is 52.3 Å². The lowest BCUT2D eigenvalue weighted by Gasteiger charge is -2.19. The van der Waals surface area contributed by atoms with Crippen LogP contribution < -0.4 is 5.32 Å². The van der Waals surface area contributed by atoms with E-state index >= 15 is 0 Å². The van der Waals surface area contributed by atoms with Crippen LogP contribution in [0.3, 0.4) is 0 Å². The zero-order chi connectivity index (χ0) is 14.9. The molecule has 1 aromatic carbocycles. The van der Waals surface area contributed by atoms with Crippen LogP contribution in [0.1, 0.15) is 35.5 Å². The van der Waals surface area contributed by atoms with Crippen LogP contribution in [0.2, 0.25) is 0 Å². The molecule has 0 saturated carbocycles. The summed E-state index contributed by atoms with van der Waals surface area (Å²) >= 11 is 0. The molecule has 0 aliphatic heterocycles. The molecule has 2 rings (SSSR count). The summed E-state index contributed by atoms with van der Waals surface area (Å²) in [5.74, 6) is -1.66. The van der Waals surface area contributed by atoms with Gasteiger partial charge in [-0.1, -0.05) is 13.0 Å². The van der Waals surface area contributed by atoms with Gasteiger partial charge < -0.3 is 5.32 Å². The van der Waals surface area contributed by atoms with Gasteiger partial charge in [0.2, 0.25) is 0 Å². The Morgan fingerprint density at radius 2 is 1.95 bits per heavy atom. The van der Waals surface area contributed by atoms with Crippen molar-refractivity contribution in [1.29, 1.82) is 0 Å². The van der Waals surface area contributed by atoms with E-state index in [2.05, 4.69) is 10.4 Å². The van der Waals surface area contributed by atoms with Gasteiger partial charge in [-0.2, -0.15) is 5.10 Å². The highest BCUT2D eigenvalue weighted by Crippen LogP contribution is 2.28. The number of nitrogens with zero attached hydrogens (tertiary/aromatic N) is 2. The van der Waals surface area contributed by atoms with E-state index < -0.39 is 11.6 Å². The van der Waals surface area contributed by atoms with E-state index in [1.807, 2.05) is 27.8 Å². The van der Waals surface area contributed by atoms with Crippen LogP contribution in [0, 0.1) is 25.5 Å². The first kappa shape index (κ1) is 14.7. The monoisotopic (exact) mass is 279 g/mol. The van der Waals surface area contributed by atoms with Gasteiger partial charge in [0.05, 0.1) is 11.7 Å². The Bertz CT molecular complexity index is 620. The Labute approximate surface area is 117 Å². The van der Waals surface area contributed by atoms with Crippen LogP contribution in [0.5, 0.6) is 0 Å². The van der Waals surface area contributed by atoms with Crippen LogP contribution in [0.4, 0.5) is 8.78 Å². The quantitative estimate of drug-likeness (QED) is 0.932. The molecular formula is C15H19F2N3. The van der Waals surface area contributed by atoms with Gasteiger partial charge in [0, 0.05) is 18.3 Å². The first-order valence-corrected chi connectivity index (χ1v) is 6.64. The predicted octanol–water partition coefficient (Wildman–Crippen LogP) is 3.01. The highest BCUT2D eigenvalue weighted by Gasteiger charge is 2.22. The molecule has 20 heavy (non-hydrogen) atoms. The minimum Gasteiger partial charge on any atom is -0.306 e. The third-order valence-electron chi connectivity index (χ3n) is 3.54. The van der Waals surface area contributed by atoms with Crippen molar-refractivity contribution in [2.24, 2.45) is 7.05 Å². The summed E-state index contributed by atoms with van der Waals surface area (Å²) in [5, 5.41) is 7.70.